The Labute approximate surface area is 230 Å². The normalized spacial score (nSPS) is 24.1. The molecule has 1 aromatic rings. The number of nitrogens with zero attached hydrogens (tertiary/aromatic N) is 2. The Morgan fingerprint density at radius 3 is 2.03 bits per heavy atom. The largest absolute Gasteiger partial charge is 0.492 e. The molecule has 2 aliphatic rings. The first-order chi connectivity index (χ1) is 18.5. The van der Waals surface area contributed by atoms with Crippen LogP contribution in [0.5, 0.6) is 11.5 Å². The number of unbranched alkanes of at least 4 members (excludes halogenated alkanes) is 2. The van der Waals surface area contributed by atoms with Gasteiger partial charge in [0.05, 0.1) is 12.5 Å². The van der Waals surface area contributed by atoms with Gasteiger partial charge in [0, 0.05) is 0 Å². The third-order valence-corrected chi connectivity index (χ3v) is 9.21. The van der Waals surface area contributed by atoms with E-state index in [9.17, 15) is 15.3 Å². The van der Waals surface area contributed by atoms with Gasteiger partial charge in [-0.3, -0.25) is 4.79 Å². The number of hydrogen-bond acceptors (Lipinski definition) is 5. The fraction of sp³-hybridized carbons (Fsp3) is 0.727. The molecule has 0 amide bonds. The summed E-state index contributed by atoms with van der Waals surface area (Å²) in [6.07, 6.45) is 17.7. The number of carbonyl (C=O) groups is 1. The van der Waals surface area contributed by atoms with Crippen LogP contribution in [-0.4, -0.2) is 12.6 Å². The molecule has 5 heteroatoms. The van der Waals surface area contributed by atoms with Gasteiger partial charge in [-0.15, -0.1) is 0 Å². The van der Waals surface area contributed by atoms with Crippen molar-refractivity contribution in [2.75, 3.05) is 6.61 Å². The Balaban J connectivity index is 1.54. The van der Waals surface area contributed by atoms with Gasteiger partial charge in [0.2, 0.25) is 0 Å². The predicted molar refractivity (Wildman–Crippen MR) is 151 cm³/mol. The summed E-state index contributed by atoms with van der Waals surface area (Å²) in [6.45, 7) is 7.11. The first-order valence-corrected chi connectivity index (χ1v) is 15.4. The fourth-order valence-electron chi connectivity index (χ4n) is 6.56. The molecule has 1 aromatic carbocycles. The zero-order chi connectivity index (χ0) is 27.3. The van der Waals surface area contributed by atoms with Crippen LogP contribution >= 0.6 is 0 Å². The summed E-state index contributed by atoms with van der Waals surface area (Å²) in [5.74, 6) is 3.04. The van der Waals surface area contributed by atoms with Crippen molar-refractivity contribution in [2.45, 2.75) is 117 Å². The van der Waals surface area contributed by atoms with Gasteiger partial charge in [-0.2, -0.15) is 10.5 Å². The highest BCUT2D eigenvalue weighted by Gasteiger charge is 2.34. The van der Waals surface area contributed by atoms with Crippen LogP contribution in [0.25, 0.3) is 0 Å². The monoisotopic (exact) mass is 520 g/mol. The maximum absolute atomic E-state index is 13.1. The van der Waals surface area contributed by atoms with E-state index in [-0.39, 0.29) is 28.8 Å². The fourth-order valence-corrected chi connectivity index (χ4v) is 6.56. The molecule has 0 bridgehead atoms. The molecule has 3 rings (SSSR count). The molecular formula is C33H48N2O3. The maximum atomic E-state index is 13.1. The Bertz CT molecular complexity index is 960. The first-order valence-electron chi connectivity index (χ1n) is 15.4. The average molecular weight is 521 g/mol. The lowest BCUT2D eigenvalue weighted by Crippen LogP contribution is -2.30. The van der Waals surface area contributed by atoms with Crippen molar-refractivity contribution in [3.63, 3.8) is 0 Å². The summed E-state index contributed by atoms with van der Waals surface area (Å²) in [7, 11) is 0. The highest BCUT2D eigenvalue weighted by atomic mass is 16.5. The Morgan fingerprint density at radius 2 is 1.45 bits per heavy atom. The summed E-state index contributed by atoms with van der Waals surface area (Å²) in [5.41, 5.74) is 0.245. The topological polar surface area (TPSA) is 83.1 Å². The lowest BCUT2D eigenvalue weighted by atomic mass is 9.68. The van der Waals surface area contributed by atoms with Gasteiger partial charge < -0.3 is 9.47 Å². The van der Waals surface area contributed by atoms with E-state index in [1.807, 2.05) is 0 Å². The minimum atomic E-state index is -0.272. The molecule has 38 heavy (non-hydrogen) atoms. The summed E-state index contributed by atoms with van der Waals surface area (Å²) < 4.78 is 11.7. The Kier molecular flexibility index (Phi) is 12.5. The molecule has 208 valence electrons. The van der Waals surface area contributed by atoms with E-state index < -0.39 is 0 Å². The summed E-state index contributed by atoms with van der Waals surface area (Å²) in [4.78, 5) is 13.1. The highest BCUT2D eigenvalue weighted by Crippen LogP contribution is 2.43. The zero-order valence-electron chi connectivity index (χ0n) is 24.0. The van der Waals surface area contributed by atoms with Crippen LogP contribution < -0.4 is 9.47 Å². The second-order valence-electron chi connectivity index (χ2n) is 11.7. The molecule has 2 saturated carbocycles. The van der Waals surface area contributed by atoms with Gasteiger partial charge in [-0.25, -0.2) is 0 Å². The van der Waals surface area contributed by atoms with Crippen molar-refractivity contribution in [1.29, 1.82) is 10.5 Å². The molecular weight excluding hydrogens is 472 g/mol. The molecule has 0 saturated heterocycles. The Morgan fingerprint density at radius 1 is 0.868 bits per heavy atom. The lowest BCUT2D eigenvalue weighted by Gasteiger charge is -2.37. The quantitative estimate of drug-likeness (QED) is 0.192. The maximum Gasteiger partial charge on any atom is 0.314 e. The first kappa shape index (κ1) is 30.0. The zero-order valence-corrected chi connectivity index (χ0v) is 24.0. The Hall–Kier alpha value is -2.53. The second-order valence-corrected chi connectivity index (χ2v) is 11.7. The third-order valence-electron chi connectivity index (χ3n) is 9.21. The van der Waals surface area contributed by atoms with Gasteiger partial charge in [0.25, 0.3) is 0 Å². The summed E-state index contributed by atoms with van der Waals surface area (Å²) in [6, 6.07) is 7.48. The SMILES string of the molecule is CCCCC1CCC(C2CCC(C(=O)Oc3ccc(OCC(CC)CCCC)c(C#N)c3C#N)CC2)CC1. The molecule has 5 nitrogen and oxygen atoms in total. The van der Waals surface area contributed by atoms with Crippen LogP contribution in [0.2, 0.25) is 0 Å². The molecule has 0 aliphatic heterocycles. The molecule has 2 fully saturated rings. The molecule has 0 radical (unpaired) electrons. The van der Waals surface area contributed by atoms with Crippen molar-refractivity contribution >= 4 is 5.97 Å². The highest BCUT2D eigenvalue weighted by molar-refractivity contribution is 5.77. The molecule has 1 unspecified atom stereocenters. The van der Waals surface area contributed by atoms with E-state index in [0.29, 0.717) is 18.3 Å². The lowest BCUT2D eigenvalue weighted by molar-refractivity contribution is -0.140. The van der Waals surface area contributed by atoms with E-state index >= 15 is 0 Å². The molecule has 1 atom stereocenters. The van der Waals surface area contributed by atoms with Crippen molar-refractivity contribution in [2.24, 2.45) is 29.6 Å². The van der Waals surface area contributed by atoms with E-state index in [1.54, 1.807) is 12.1 Å². The van der Waals surface area contributed by atoms with E-state index in [2.05, 4.69) is 32.9 Å². The van der Waals surface area contributed by atoms with Gasteiger partial charge >= 0.3 is 5.97 Å². The molecule has 0 aromatic heterocycles. The van der Waals surface area contributed by atoms with Crippen molar-refractivity contribution in [3.05, 3.63) is 23.3 Å². The number of benzene rings is 1. The van der Waals surface area contributed by atoms with Gasteiger partial charge in [-0.1, -0.05) is 72.1 Å². The van der Waals surface area contributed by atoms with Crippen LogP contribution in [0.1, 0.15) is 128 Å². The van der Waals surface area contributed by atoms with Crippen LogP contribution in [0, 0.1) is 52.3 Å². The van der Waals surface area contributed by atoms with Crippen LogP contribution in [0.3, 0.4) is 0 Å². The van der Waals surface area contributed by atoms with Gasteiger partial charge in [0.15, 0.2) is 0 Å². The average Bonchev–Trinajstić information content (AvgIpc) is 2.96. The number of hydrogen-bond donors (Lipinski definition) is 0. The van der Waals surface area contributed by atoms with Crippen molar-refractivity contribution in [1.82, 2.24) is 0 Å². The van der Waals surface area contributed by atoms with Crippen molar-refractivity contribution < 1.29 is 14.3 Å². The minimum Gasteiger partial charge on any atom is -0.492 e. The van der Waals surface area contributed by atoms with Crippen LogP contribution in [0.15, 0.2) is 12.1 Å². The van der Waals surface area contributed by atoms with E-state index in [0.717, 1.165) is 69.1 Å². The third kappa shape index (κ3) is 8.23. The van der Waals surface area contributed by atoms with Crippen LogP contribution in [-0.2, 0) is 4.79 Å². The van der Waals surface area contributed by atoms with Gasteiger partial charge in [0.1, 0.15) is 34.8 Å². The van der Waals surface area contributed by atoms with Crippen LogP contribution in [0.4, 0.5) is 0 Å². The number of carbonyl (C=O) groups excluding carboxylic acids is 1. The molecule has 0 heterocycles. The van der Waals surface area contributed by atoms with Gasteiger partial charge in [-0.05, 0) is 80.8 Å². The molecule has 0 spiro atoms. The predicted octanol–water partition coefficient (Wildman–Crippen LogP) is 8.73. The second kappa shape index (κ2) is 15.8. The number of esters is 1. The van der Waals surface area contributed by atoms with E-state index in [4.69, 9.17) is 9.47 Å². The number of rotatable bonds is 13. The van der Waals surface area contributed by atoms with Crippen molar-refractivity contribution in [3.8, 4) is 23.6 Å². The number of ether oxygens (including phenoxy) is 2. The van der Waals surface area contributed by atoms with E-state index in [1.165, 1.54) is 44.9 Å². The summed E-state index contributed by atoms with van der Waals surface area (Å²) in [5, 5.41) is 19.6. The smallest absolute Gasteiger partial charge is 0.314 e. The molecule has 0 N–H and O–H groups in total. The standard InChI is InChI=1S/C33H48N2O3/c1-4-7-9-24(6-3)23-37-31-19-20-32(30(22-35)29(31)21-34)38-33(36)28-17-15-27(16-18-28)26-13-11-25(12-14-26)10-8-5-2/h19-20,24-28H,4-18,23H2,1-3H3. The minimum absolute atomic E-state index is 0.0912. The number of nitriles is 2. The summed E-state index contributed by atoms with van der Waals surface area (Å²) >= 11 is 0. The molecule has 2 aliphatic carbocycles.